The first-order chi connectivity index (χ1) is 6.77. The Hall–Kier alpha value is -1.91. The molecule has 0 fully saturated rings. The summed E-state index contributed by atoms with van der Waals surface area (Å²) in [5, 5.41) is 7.47. The number of carbonyl (C=O) groups excluding carboxylic acids is 1. The molecule has 0 spiro atoms. The summed E-state index contributed by atoms with van der Waals surface area (Å²) < 4.78 is 6.66. The Kier molecular flexibility index (Phi) is 2.14. The maximum atomic E-state index is 11.1. The van der Waals surface area contributed by atoms with Crippen molar-refractivity contribution < 1.29 is 9.21 Å². The lowest BCUT2D eigenvalue weighted by atomic mass is 10.3. The predicted octanol–water partition coefficient (Wildman–Crippen LogP) is 1.12. The van der Waals surface area contributed by atoms with Crippen LogP contribution in [0.25, 0.3) is 0 Å². The minimum absolute atomic E-state index is 0.0541. The fraction of sp³-hybridized carbons (Fsp3) is 0.222. The van der Waals surface area contributed by atoms with E-state index >= 15 is 0 Å². The van der Waals surface area contributed by atoms with Crippen LogP contribution in [0.3, 0.4) is 0 Å². The summed E-state index contributed by atoms with van der Waals surface area (Å²) in [4.78, 5) is 11.1. The molecule has 5 nitrogen and oxygen atoms in total. The SMILES string of the molecule is CC(=O)c1cnnn1Cc1ccco1. The molecule has 0 atom stereocenters. The molecule has 2 heterocycles. The fourth-order valence-electron chi connectivity index (χ4n) is 1.20. The first kappa shape index (κ1) is 8.68. The van der Waals surface area contributed by atoms with E-state index in [-0.39, 0.29) is 5.78 Å². The molecule has 5 heteroatoms. The Morgan fingerprint density at radius 3 is 3.14 bits per heavy atom. The monoisotopic (exact) mass is 191 g/mol. The number of nitrogens with zero attached hydrogens (tertiary/aromatic N) is 3. The third kappa shape index (κ3) is 1.56. The van der Waals surface area contributed by atoms with Crippen LogP contribution in [0, 0.1) is 0 Å². The highest BCUT2D eigenvalue weighted by molar-refractivity contribution is 5.91. The number of furan rings is 1. The van der Waals surface area contributed by atoms with Gasteiger partial charge in [0.15, 0.2) is 5.78 Å². The molecular weight excluding hydrogens is 182 g/mol. The van der Waals surface area contributed by atoms with E-state index < -0.39 is 0 Å². The zero-order chi connectivity index (χ0) is 9.97. The van der Waals surface area contributed by atoms with E-state index in [1.807, 2.05) is 6.07 Å². The molecule has 2 aromatic rings. The van der Waals surface area contributed by atoms with Crippen LogP contribution in [0.4, 0.5) is 0 Å². The second-order valence-electron chi connectivity index (χ2n) is 2.91. The maximum absolute atomic E-state index is 11.1. The summed E-state index contributed by atoms with van der Waals surface area (Å²) in [6.45, 7) is 1.92. The maximum Gasteiger partial charge on any atom is 0.179 e. The summed E-state index contributed by atoms with van der Waals surface area (Å²) in [5.41, 5.74) is 0.487. The lowest BCUT2D eigenvalue weighted by molar-refractivity contribution is 0.100. The minimum Gasteiger partial charge on any atom is -0.467 e. The quantitative estimate of drug-likeness (QED) is 0.682. The van der Waals surface area contributed by atoms with Crippen molar-refractivity contribution in [3.63, 3.8) is 0 Å². The second-order valence-corrected chi connectivity index (χ2v) is 2.91. The molecule has 0 N–H and O–H groups in total. The standard InChI is InChI=1S/C9H9N3O2/c1-7(13)9-5-10-11-12(9)6-8-3-2-4-14-8/h2-5H,6H2,1H3. The molecule has 0 unspecified atom stereocenters. The zero-order valence-corrected chi connectivity index (χ0v) is 7.67. The number of hydrogen-bond acceptors (Lipinski definition) is 4. The molecule has 2 aromatic heterocycles. The van der Waals surface area contributed by atoms with Gasteiger partial charge in [0.25, 0.3) is 0 Å². The van der Waals surface area contributed by atoms with Gasteiger partial charge in [-0.3, -0.25) is 4.79 Å². The van der Waals surface area contributed by atoms with E-state index in [0.29, 0.717) is 12.2 Å². The van der Waals surface area contributed by atoms with E-state index in [0.717, 1.165) is 5.76 Å². The average Bonchev–Trinajstić information content (AvgIpc) is 2.75. The molecule has 14 heavy (non-hydrogen) atoms. The van der Waals surface area contributed by atoms with E-state index in [4.69, 9.17) is 4.42 Å². The largest absolute Gasteiger partial charge is 0.467 e. The van der Waals surface area contributed by atoms with Gasteiger partial charge in [-0.15, -0.1) is 5.10 Å². The van der Waals surface area contributed by atoms with Crippen molar-refractivity contribution >= 4 is 5.78 Å². The first-order valence-electron chi connectivity index (χ1n) is 4.19. The highest BCUT2D eigenvalue weighted by Gasteiger charge is 2.09. The average molecular weight is 191 g/mol. The van der Waals surface area contributed by atoms with Crippen molar-refractivity contribution in [2.45, 2.75) is 13.5 Å². The van der Waals surface area contributed by atoms with Gasteiger partial charge in [-0.1, -0.05) is 5.21 Å². The molecule has 0 amide bonds. The molecule has 0 saturated carbocycles. The Bertz CT molecular complexity index is 431. The van der Waals surface area contributed by atoms with Crippen LogP contribution in [0.2, 0.25) is 0 Å². The Balaban J connectivity index is 2.25. The van der Waals surface area contributed by atoms with Crippen molar-refractivity contribution in [2.75, 3.05) is 0 Å². The van der Waals surface area contributed by atoms with Gasteiger partial charge in [0, 0.05) is 6.92 Å². The number of Topliss-reactive ketones (excluding diaryl/α,β-unsaturated/α-hetero) is 1. The molecule has 0 aliphatic rings. The van der Waals surface area contributed by atoms with Crippen LogP contribution in [-0.2, 0) is 6.54 Å². The fourth-order valence-corrected chi connectivity index (χ4v) is 1.20. The number of aromatic nitrogens is 3. The van der Waals surface area contributed by atoms with Gasteiger partial charge < -0.3 is 4.42 Å². The van der Waals surface area contributed by atoms with Crippen molar-refractivity contribution in [1.82, 2.24) is 15.0 Å². The summed E-state index contributed by atoms with van der Waals surface area (Å²) in [6, 6.07) is 3.62. The number of ketones is 1. The van der Waals surface area contributed by atoms with Crippen molar-refractivity contribution in [2.24, 2.45) is 0 Å². The van der Waals surface area contributed by atoms with Gasteiger partial charge in [-0.25, -0.2) is 4.68 Å². The molecule has 0 saturated heterocycles. The molecule has 0 aromatic carbocycles. The number of rotatable bonds is 3. The van der Waals surface area contributed by atoms with Gasteiger partial charge in [0.1, 0.15) is 18.0 Å². The van der Waals surface area contributed by atoms with E-state index in [1.165, 1.54) is 17.8 Å². The zero-order valence-electron chi connectivity index (χ0n) is 7.67. The molecule has 0 aliphatic carbocycles. The van der Waals surface area contributed by atoms with Gasteiger partial charge in [0.2, 0.25) is 0 Å². The lowest BCUT2D eigenvalue weighted by Crippen LogP contribution is -2.08. The predicted molar refractivity (Wildman–Crippen MR) is 47.8 cm³/mol. The Morgan fingerprint density at radius 2 is 2.50 bits per heavy atom. The number of hydrogen-bond donors (Lipinski definition) is 0. The summed E-state index contributed by atoms with van der Waals surface area (Å²) in [6.07, 6.45) is 3.03. The van der Waals surface area contributed by atoms with Crippen LogP contribution in [0.1, 0.15) is 23.2 Å². The molecule has 2 rings (SSSR count). The second kappa shape index (κ2) is 3.45. The topological polar surface area (TPSA) is 60.9 Å². The minimum atomic E-state index is -0.0541. The van der Waals surface area contributed by atoms with Crippen LogP contribution >= 0.6 is 0 Å². The number of carbonyl (C=O) groups is 1. The van der Waals surface area contributed by atoms with E-state index in [9.17, 15) is 4.79 Å². The van der Waals surface area contributed by atoms with Gasteiger partial charge >= 0.3 is 0 Å². The molecular formula is C9H9N3O2. The van der Waals surface area contributed by atoms with Crippen LogP contribution < -0.4 is 0 Å². The van der Waals surface area contributed by atoms with Crippen molar-refractivity contribution in [1.29, 1.82) is 0 Å². The molecule has 0 aliphatic heterocycles. The summed E-state index contributed by atoms with van der Waals surface area (Å²) >= 11 is 0. The van der Waals surface area contributed by atoms with Crippen LogP contribution in [0.5, 0.6) is 0 Å². The highest BCUT2D eigenvalue weighted by atomic mass is 16.3. The lowest BCUT2D eigenvalue weighted by Gasteiger charge is -1.99. The van der Waals surface area contributed by atoms with Crippen molar-refractivity contribution in [3.05, 3.63) is 36.0 Å². The van der Waals surface area contributed by atoms with Gasteiger partial charge in [-0.2, -0.15) is 0 Å². The molecule has 72 valence electrons. The van der Waals surface area contributed by atoms with Crippen LogP contribution in [0.15, 0.2) is 29.0 Å². The van der Waals surface area contributed by atoms with E-state index in [2.05, 4.69) is 10.3 Å². The smallest absolute Gasteiger partial charge is 0.179 e. The summed E-state index contributed by atoms with van der Waals surface area (Å²) in [5.74, 6) is 0.694. The van der Waals surface area contributed by atoms with E-state index in [1.54, 1.807) is 12.3 Å². The molecule has 0 radical (unpaired) electrons. The summed E-state index contributed by atoms with van der Waals surface area (Å²) in [7, 11) is 0. The highest BCUT2D eigenvalue weighted by Crippen LogP contribution is 2.05. The molecule has 0 bridgehead atoms. The van der Waals surface area contributed by atoms with Crippen molar-refractivity contribution in [3.8, 4) is 0 Å². The Labute approximate surface area is 80.3 Å². The van der Waals surface area contributed by atoms with Gasteiger partial charge in [-0.05, 0) is 12.1 Å². The van der Waals surface area contributed by atoms with Crippen LogP contribution in [-0.4, -0.2) is 20.8 Å². The van der Waals surface area contributed by atoms with Gasteiger partial charge in [0.05, 0.1) is 12.5 Å². The normalized spacial score (nSPS) is 10.4. The third-order valence-corrected chi connectivity index (χ3v) is 1.86. The third-order valence-electron chi connectivity index (χ3n) is 1.86. The Morgan fingerprint density at radius 1 is 1.64 bits per heavy atom. The first-order valence-corrected chi connectivity index (χ1v) is 4.19.